The van der Waals surface area contributed by atoms with Gasteiger partial charge in [0, 0.05) is 11.1 Å². The second-order valence-corrected chi connectivity index (χ2v) is 6.41. The molecule has 0 bridgehead atoms. The molecule has 2 nitrogen and oxygen atoms in total. The molecular weight excluding hydrogens is 270 g/mol. The molecule has 0 aromatic heterocycles. The van der Waals surface area contributed by atoms with Crippen LogP contribution < -0.4 is 10.5 Å². The standard InChI is InChI=1S/C17H26ClNO/c1-3-13-7-4-5-10-16(13)17(19)12(2)20-15-9-6-8-14(18)11-15/h6,8-9,11-13,16-17H,3-5,7,10,19H2,1-2H3. The van der Waals surface area contributed by atoms with Gasteiger partial charge in [-0.3, -0.25) is 0 Å². The Kier molecular flexibility index (Phi) is 5.74. The zero-order valence-electron chi connectivity index (χ0n) is 12.5. The van der Waals surface area contributed by atoms with Crippen LogP contribution in [-0.2, 0) is 0 Å². The Hall–Kier alpha value is -0.730. The van der Waals surface area contributed by atoms with E-state index in [0.29, 0.717) is 10.9 Å². The van der Waals surface area contributed by atoms with Crippen molar-refractivity contribution in [2.75, 3.05) is 0 Å². The minimum Gasteiger partial charge on any atom is -0.489 e. The molecule has 0 saturated heterocycles. The Balaban J connectivity index is 1.98. The summed E-state index contributed by atoms with van der Waals surface area (Å²) in [6, 6.07) is 7.65. The van der Waals surface area contributed by atoms with Crippen LogP contribution in [0.15, 0.2) is 24.3 Å². The average Bonchev–Trinajstić information content (AvgIpc) is 2.46. The van der Waals surface area contributed by atoms with Gasteiger partial charge < -0.3 is 10.5 Å². The van der Waals surface area contributed by atoms with Crippen LogP contribution in [0.3, 0.4) is 0 Å². The maximum Gasteiger partial charge on any atom is 0.121 e. The molecule has 1 fully saturated rings. The molecule has 0 radical (unpaired) electrons. The van der Waals surface area contributed by atoms with E-state index in [1.807, 2.05) is 24.3 Å². The molecule has 0 amide bonds. The van der Waals surface area contributed by atoms with Crippen LogP contribution in [-0.4, -0.2) is 12.1 Å². The summed E-state index contributed by atoms with van der Waals surface area (Å²) in [6.07, 6.45) is 6.46. The second-order valence-electron chi connectivity index (χ2n) is 5.97. The SMILES string of the molecule is CCC1CCCCC1C(N)C(C)Oc1cccc(Cl)c1. The Bertz CT molecular complexity index is 423. The van der Waals surface area contributed by atoms with Crippen LogP contribution in [0, 0.1) is 11.8 Å². The van der Waals surface area contributed by atoms with Crippen LogP contribution in [0.25, 0.3) is 0 Å². The van der Waals surface area contributed by atoms with Gasteiger partial charge >= 0.3 is 0 Å². The summed E-state index contributed by atoms with van der Waals surface area (Å²) < 4.78 is 5.99. The molecule has 1 saturated carbocycles. The molecule has 1 aliphatic carbocycles. The summed E-state index contributed by atoms with van der Waals surface area (Å²) in [5, 5.41) is 0.701. The molecule has 112 valence electrons. The van der Waals surface area contributed by atoms with Gasteiger partial charge in [0.05, 0.1) is 0 Å². The first-order chi connectivity index (χ1) is 9.61. The van der Waals surface area contributed by atoms with Gasteiger partial charge in [0.15, 0.2) is 0 Å². The summed E-state index contributed by atoms with van der Waals surface area (Å²) in [4.78, 5) is 0. The molecule has 4 unspecified atom stereocenters. The van der Waals surface area contributed by atoms with Gasteiger partial charge in [0.2, 0.25) is 0 Å². The van der Waals surface area contributed by atoms with Gasteiger partial charge in [-0.05, 0) is 43.4 Å². The minimum absolute atomic E-state index is 0.0191. The molecule has 4 atom stereocenters. The third kappa shape index (κ3) is 3.89. The van der Waals surface area contributed by atoms with E-state index in [1.54, 1.807) is 0 Å². The summed E-state index contributed by atoms with van der Waals surface area (Å²) in [5.74, 6) is 2.15. The molecule has 2 N–H and O–H groups in total. The fraction of sp³-hybridized carbons (Fsp3) is 0.647. The highest BCUT2D eigenvalue weighted by atomic mass is 35.5. The topological polar surface area (TPSA) is 35.2 Å². The summed E-state index contributed by atoms with van der Waals surface area (Å²) in [5.41, 5.74) is 6.49. The molecule has 3 heteroatoms. The molecular formula is C17H26ClNO. The van der Waals surface area contributed by atoms with Crippen molar-refractivity contribution in [1.82, 2.24) is 0 Å². The van der Waals surface area contributed by atoms with Crippen molar-refractivity contribution in [2.24, 2.45) is 17.6 Å². The highest BCUT2D eigenvalue weighted by Crippen LogP contribution is 2.35. The number of halogens is 1. The van der Waals surface area contributed by atoms with Crippen molar-refractivity contribution >= 4 is 11.6 Å². The molecule has 0 heterocycles. The number of hydrogen-bond acceptors (Lipinski definition) is 2. The zero-order valence-corrected chi connectivity index (χ0v) is 13.3. The Morgan fingerprint density at radius 3 is 2.80 bits per heavy atom. The lowest BCUT2D eigenvalue weighted by molar-refractivity contribution is 0.105. The Morgan fingerprint density at radius 2 is 2.10 bits per heavy atom. The van der Waals surface area contributed by atoms with Crippen molar-refractivity contribution in [3.8, 4) is 5.75 Å². The molecule has 2 rings (SSSR count). The van der Waals surface area contributed by atoms with Crippen LogP contribution in [0.2, 0.25) is 5.02 Å². The number of ether oxygens (including phenoxy) is 1. The number of nitrogens with two attached hydrogens (primary N) is 1. The number of rotatable bonds is 5. The van der Waals surface area contributed by atoms with E-state index in [-0.39, 0.29) is 12.1 Å². The van der Waals surface area contributed by atoms with E-state index in [4.69, 9.17) is 22.1 Å². The van der Waals surface area contributed by atoms with Gasteiger partial charge in [0.25, 0.3) is 0 Å². The first-order valence-electron chi connectivity index (χ1n) is 7.79. The van der Waals surface area contributed by atoms with Crippen LogP contribution in [0.1, 0.15) is 46.0 Å². The number of benzene rings is 1. The van der Waals surface area contributed by atoms with Crippen molar-refractivity contribution in [1.29, 1.82) is 0 Å². The van der Waals surface area contributed by atoms with Crippen LogP contribution in [0.4, 0.5) is 0 Å². The average molecular weight is 296 g/mol. The Labute approximate surface area is 127 Å². The van der Waals surface area contributed by atoms with E-state index in [9.17, 15) is 0 Å². The first-order valence-corrected chi connectivity index (χ1v) is 8.17. The Morgan fingerprint density at radius 1 is 1.35 bits per heavy atom. The fourth-order valence-electron chi connectivity index (χ4n) is 3.43. The predicted octanol–water partition coefficient (Wildman–Crippen LogP) is 4.65. The van der Waals surface area contributed by atoms with Crippen molar-refractivity contribution in [3.63, 3.8) is 0 Å². The van der Waals surface area contributed by atoms with Gasteiger partial charge in [0.1, 0.15) is 11.9 Å². The lowest BCUT2D eigenvalue weighted by atomic mass is 9.73. The maximum absolute atomic E-state index is 6.49. The lowest BCUT2D eigenvalue weighted by Gasteiger charge is -2.37. The largest absolute Gasteiger partial charge is 0.489 e. The van der Waals surface area contributed by atoms with Crippen molar-refractivity contribution in [2.45, 2.75) is 58.1 Å². The van der Waals surface area contributed by atoms with E-state index in [1.165, 1.54) is 32.1 Å². The first kappa shape index (κ1) is 15.7. The predicted molar refractivity (Wildman–Crippen MR) is 85.3 cm³/mol. The van der Waals surface area contributed by atoms with E-state index >= 15 is 0 Å². The fourth-order valence-corrected chi connectivity index (χ4v) is 3.61. The highest BCUT2D eigenvalue weighted by Gasteiger charge is 2.32. The third-order valence-corrected chi connectivity index (χ3v) is 4.88. The van der Waals surface area contributed by atoms with E-state index in [2.05, 4.69) is 13.8 Å². The van der Waals surface area contributed by atoms with Gasteiger partial charge in [-0.25, -0.2) is 0 Å². The molecule has 0 aliphatic heterocycles. The summed E-state index contributed by atoms with van der Waals surface area (Å²) in [6.45, 7) is 4.35. The smallest absolute Gasteiger partial charge is 0.121 e. The van der Waals surface area contributed by atoms with Gasteiger partial charge in [-0.15, -0.1) is 0 Å². The maximum atomic E-state index is 6.49. The monoisotopic (exact) mass is 295 g/mol. The van der Waals surface area contributed by atoms with Crippen molar-refractivity contribution < 1.29 is 4.74 Å². The molecule has 1 aliphatic rings. The van der Waals surface area contributed by atoms with E-state index < -0.39 is 0 Å². The molecule has 0 spiro atoms. The highest BCUT2D eigenvalue weighted by molar-refractivity contribution is 6.30. The molecule has 1 aromatic rings. The third-order valence-electron chi connectivity index (χ3n) is 4.65. The van der Waals surface area contributed by atoms with Crippen LogP contribution >= 0.6 is 11.6 Å². The molecule has 1 aromatic carbocycles. The molecule has 20 heavy (non-hydrogen) atoms. The van der Waals surface area contributed by atoms with Gasteiger partial charge in [-0.2, -0.15) is 0 Å². The normalized spacial score (nSPS) is 26.0. The zero-order chi connectivity index (χ0) is 14.5. The van der Waals surface area contributed by atoms with Gasteiger partial charge in [-0.1, -0.05) is 50.3 Å². The number of hydrogen-bond donors (Lipinski definition) is 1. The lowest BCUT2D eigenvalue weighted by Crippen LogP contribution is -2.46. The quantitative estimate of drug-likeness (QED) is 0.858. The van der Waals surface area contributed by atoms with Crippen LogP contribution in [0.5, 0.6) is 5.75 Å². The minimum atomic E-state index is 0.0191. The summed E-state index contributed by atoms with van der Waals surface area (Å²) >= 11 is 5.99. The summed E-state index contributed by atoms with van der Waals surface area (Å²) in [7, 11) is 0. The van der Waals surface area contributed by atoms with E-state index in [0.717, 1.165) is 11.7 Å². The van der Waals surface area contributed by atoms with Crippen molar-refractivity contribution in [3.05, 3.63) is 29.3 Å². The second kappa shape index (κ2) is 7.33.